The van der Waals surface area contributed by atoms with E-state index in [4.69, 9.17) is 14.2 Å². The summed E-state index contributed by atoms with van der Waals surface area (Å²) in [6.07, 6.45) is 0. The van der Waals surface area contributed by atoms with Crippen molar-refractivity contribution in [3.8, 4) is 17.2 Å². The van der Waals surface area contributed by atoms with Crippen LogP contribution in [0.4, 0.5) is 21.3 Å². The number of thioether (sulfide) groups is 1. The Balaban J connectivity index is 1.22. The van der Waals surface area contributed by atoms with Gasteiger partial charge in [0.1, 0.15) is 5.75 Å². The van der Waals surface area contributed by atoms with Gasteiger partial charge >= 0.3 is 6.03 Å². The highest BCUT2D eigenvalue weighted by atomic mass is 32.2. The predicted molar refractivity (Wildman–Crippen MR) is 117 cm³/mol. The van der Waals surface area contributed by atoms with E-state index in [0.717, 1.165) is 11.4 Å². The fraction of sp³-hybridized carbons (Fsp3) is 0.158. The van der Waals surface area contributed by atoms with E-state index >= 15 is 0 Å². The minimum absolute atomic E-state index is 0.0196. The van der Waals surface area contributed by atoms with Gasteiger partial charge in [0.2, 0.25) is 17.8 Å². The molecule has 0 fully saturated rings. The number of ether oxygens (including phenoxy) is 3. The fourth-order valence-corrected chi connectivity index (χ4v) is 4.12. The lowest BCUT2D eigenvalue weighted by Gasteiger charge is -2.07. The molecule has 0 atom stereocenters. The number of carbonyl (C=O) groups is 2. The van der Waals surface area contributed by atoms with Crippen molar-refractivity contribution >= 4 is 51.5 Å². The van der Waals surface area contributed by atoms with Crippen LogP contribution in [0.2, 0.25) is 0 Å². The van der Waals surface area contributed by atoms with Crippen molar-refractivity contribution in [2.45, 2.75) is 4.34 Å². The maximum absolute atomic E-state index is 12.1. The van der Waals surface area contributed by atoms with E-state index < -0.39 is 11.9 Å². The molecule has 3 amide bonds. The van der Waals surface area contributed by atoms with E-state index in [1.54, 1.807) is 25.3 Å². The van der Waals surface area contributed by atoms with Gasteiger partial charge in [0.05, 0.1) is 12.9 Å². The van der Waals surface area contributed by atoms with E-state index in [1.807, 2.05) is 24.3 Å². The van der Waals surface area contributed by atoms with Gasteiger partial charge in [-0.2, -0.15) is 0 Å². The Bertz CT molecular complexity index is 1090. The van der Waals surface area contributed by atoms with Crippen molar-refractivity contribution in [1.29, 1.82) is 0 Å². The zero-order chi connectivity index (χ0) is 21.6. The van der Waals surface area contributed by atoms with E-state index in [0.29, 0.717) is 26.7 Å². The molecular formula is C19H17N5O5S2. The Labute approximate surface area is 185 Å². The molecule has 10 nitrogen and oxygen atoms in total. The molecule has 0 radical (unpaired) electrons. The largest absolute Gasteiger partial charge is 0.497 e. The zero-order valence-corrected chi connectivity index (χ0v) is 17.8. The molecule has 0 bridgehead atoms. The molecule has 3 N–H and O–H groups in total. The lowest BCUT2D eigenvalue weighted by atomic mass is 10.3. The highest BCUT2D eigenvalue weighted by molar-refractivity contribution is 8.01. The second-order valence-electron chi connectivity index (χ2n) is 6.09. The van der Waals surface area contributed by atoms with Crippen LogP contribution in [0, 0.1) is 0 Å². The van der Waals surface area contributed by atoms with Crippen molar-refractivity contribution in [1.82, 2.24) is 15.5 Å². The molecule has 1 aliphatic rings. The van der Waals surface area contributed by atoms with Crippen LogP contribution < -0.4 is 30.2 Å². The first kappa shape index (κ1) is 20.8. The van der Waals surface area contributed by atoms with Gasteiger partial charge in [-0.1, -0.05) is 23.1 Å². The zero-order valence-electron chi connectivity index (χ0n) is 16.2. The Hall–Kier alpha value is -3.51. The number of methoxy groups -OCH3 is 1. The number of amides is 3. The van der Waals surface area contributed by atoms with Crippen LogP contribution >= 0.6 is 23.1 Å². The monoisotopic (exact) mass is 459 g/mol. The number of nitrogens with one attached hydrogen (secondary N) is 3. The summed E-state index contributed by atoms with van der Waals surface area (Å²) in [4.78, 5) is 24.1. The first-order valence-electron chi connectivity index (χ1n) is 8.97. The van der Waals surface area contributed by atoms with Crippen LogP contribution in [0.5, 0.6) is 17.2 Å². The third-order valence-corrected chi connectivity index (χ3v) is 5.93. The van der Waals surface area contributed by atoms with Gasteiger partial charge in [-0.25, -0.2) is 4.79 Å². The number of benzene rings is 2. The van der Waals surface area contributed by atoms with Crippen LogP contribution in [0.1, 0.15) is 0 Å². The summed E-state index contributed by atoms with van der Waals surface area (Å²) >= 11 is 2.49. The second kappa shape index (κ2) is 9.53. The molecule has 2 aromatic carbocycles. The third kappa shape index (κ3) is 5.55. The second-order valence-corrected chi connectivity index (χ2v) is 8.29. The Kier molecular flexibility index (Phi) is 6.38. The molecule has 0 saturated heterocycles. The van der Waals surface area contributed by atoms with Gasteiger partial charge in [0.25, 0.3) is 0 Å². The summed E-state index contributed by atoms with van der Waals surface area (Å²) in [5, 5.41) is 16.7. The maximum atomic E-state index is 12.1. The van der Waals surface area contributed by atoms with Crippen LogP contribution in [0.3, 0.4) is 0 Å². The van der Waals surface area contributed by atoms with Crippen LogP contribution in [0.15, 0.2) is 46.8 Å². The number of hydrogen-bond acceptors (Lipinski definition) is 10. The number of anilines is 3. The van der Waals surface area contributed by atoms with Crippen molar-refractivity contribution in [2.75, 3.05) is 30.3 Å². The summed E-state index contributed by atoms with van der Waals surface area (Å²) in [6.45, 7) is 0.142. The average molecular weight is 460 g/mol. The number of aromatic nitrogens is 2. The smallest absolute Gasteiger partial charge is 0.325 e. The Morgan fingerprint density at radius 1 is 1.10 bits per heavy atom. The fourth-order valence-electron chi connectivity index (χ4n) is 2.54. The number of fused-ring (bicyclic) bond motifs is 1. The molecule has 160 valence electrons. The Morgan fingerprint density at radius 3 is 2.68 bits per heavy atom. The van der Waals surface area contributed by atoms with Crippen molar-refractivity contribution < 1.29 is 23.8 Å². The minimum Gasteiger partial charge on any atom is -0.497 e. The Morgan fingerprint density at radius 2 is 1.87 bits per heavy atom. The summed E-state index contributed by atoms with van der Waals surface area (Å²) < 4.78 is 16.2. The SMILES string of the molecule is COc1ccc(Nc2nnc(SCC(=O)NC(=O)Nc3ccc4c(c3)OCO4)s2)cc1. The van der Waals surface area contributed by atoms with E-state index in [9.17, 15) is 9.59 Å². The van der Waals surface area contributed by atoms with E-state index in [-0.39, 0.29) is 12.5 Å². The van der Waals surface area contributed by atoms with Gasteiger partial charge in [0.15, 0.2) is 15.8 Å². The lowest BCUT2D eigenvalue weighted by molar-refractivity contribution is -0.117. The maximum Gasteiger partial charge on any atom is 0.325 e. The molecule has 1 aromatic heterocycles. The van der Waals surface area contributed by atoms with Crippen LogP contribution in [-0.4, -0.2) is 41.8 Å². The average Bonchev–Trinajstić information content (AvgIpc) is 3.41. The summed E-state index contributed by atoms with van der Waals surface area (Å²) in [7, 11) is 1.60. The number of carbonyl (C=O) groups excluding carboxylic acids is 2. The molecule has 1 aliphatic heterocycles. The summed E-state index contributed by atoms with van der Waals surface area (Å²) in [5.41, 5.74) is 1.33. The molecule has 31 heavy (non-hydrogen) atoms. The first-order valence-corrected chi connectivity index (χ1v) is 10.8. The van der Waals surface area contributed by atoms with Crippen LogP contribution in [0.25, 0.3) is 0 Å². The number of urea groups is 1. The quantitative estimate of drug-likeness (QED) is 0.456. The molecule has 3 aromatic rings. The molecule has 0 aliphatic carbocycles. The van der Waals surface area contributed by atoms with Crippen molar-refractivity contribution in [3.63, 3.8) is 0 Å². The van der Waals surface area contributed by atoms with E-state index in [1.165, 1.54) is 23.1 Å². The van der Waals surface area contributed by atoms with Gasteiger partial charge in [-0.3, -0.25) is 10.1 Å². The standard InChI is InChI=1S/C19H17N5O5S2/c1-27-13-5-2-11(3-6-13)21-18-23-24-19(31-18)30-9-16(25)22-17(26)20-12-4-7-14-15(8-12)29-10-28-14/h2-8H,9-10H2,1H3,(H,21,23)(H2,20,22,25,26). The summed E-state index contributed by atoms with van der Waals surface area (Å²) in [6, 6.07) is 11.7. The highest BCUT2D eigenvalue weighted by Gasteiger charge is 2.15. The molecule has 0 spiro atoms. The van der Waals surface area contributed by atoms with E-state index in [2.05, 4.69) is 26.1 Å². The normalized spacial score (nSPS) is 11.6. The first-order chi connectivity index (χ1) is 15.1. The molecule has 4 rings (SSSR count). The molecule has 2 heterocycles. The third-order valence-electron chi connectivity index (χ3n) is 3.96. The number of imide groups is 1. The number of hydrogen-bond donors (Lipinski definition) is 3. The van der Waals surface area contributed by atoms with Gasteiger partial charge in [-0.15, -0.1) is 10.2 Å². The van der Waals surface area contributed by atoms with Crippen LogP contribution in [-0.2, 0) is 4.79 Å². The van der Waals surface area contributed by atoms with Gasteiger partial charge in [-0.05, 0) is 36.4 Å². The highest BCUT2D eigenvalue weighted by Crippen LogP contribution is 2.34. The molecular weight excluding hydrogens is 442 g/mol. The van der Waals surface area contributed by atoms with Crippen molar-refractivity contribution in [3.05, 3.63) is 42.5 Å². The van der Waals surface area contributed by atoms with Gasteiger partial charge in [0, 0.05) is 17.4 Å². The molecule has 0 saturated carbocycles. The topological polar surface area (TPSA) is 124 Å². The van der Waals surface area contributed by atoms with Crippen molar-refractivity contribution in [2.24, 2.45) is 0 Å². The minimum atomic E-state index is -0.636. The number of rotatable bonds is 7. The number of nitrogens with zero attached hydrogens (tertiary/aromatic N) is 2. The van der Waals surface area contributed by atoms with Gasteiger partial charge < -0.3 is 24.8 Å². The predicted octanol–water partition coefficient (Wildman–Crippen LogP) is 3.46. The molecule has 0 unspecified atom stereocenters. The summed E-state index contributed by atoms with van der Waals surface area (Å²) in [5.74, 6) is 1.47. The molecule has 12 heteroatoms. The lowest BCUT2D eigenvalue weighted by Crippen LogP contribution is -2.35.